The molecule has 1 heterocycles. The van der Waals surface area contributed by atoms with Gasteiger partial charge in [0.05, 0.1) is 0 Å². The van der Waals surface area contributed by atoms with Crippen LogP contribution in [-0.2, 0) is 4.79 Å². The van der Waals surface area contributed by atoms with Crippen molar-refractivity contribution in [2.45, 2.75) is 58.5 Å². The van der Waals surface area contributed by atoms with Gasteiger partial charge >= 0.3 is 0 Å². The Labute approximate surface area is 150 Å². The van der Waals surface area contributed by atoms with Crippen LogP contribution in [0.4, 0.5) is 5.69 Å². The molecule has 0 atom stereocenters. The Balaban J connectivity index is 1.56. The van der Waals surface area contributed by atoms with Gasteiger partial charge in [-0.2, -0.15) is 0 Å². The van der Waals surface area contributed by atoms with Gasteiger partial charge in [0.2, 0.25) is 5.91 Å². The molecule has 0 spiro atoms. The molecule has 1 aromatic carbocycles. The van der Waals surface area contributed by atoms with Crippen LogP contribution in [0.25, 0.3) is 0 Å². The Hall–Kier alpha value is -1.88. The van der Waals surface area contributed by atoms with Crippen molar-refractivity contribution in [3.63, 3.8) is 0 Å². The van der Waals surface area contributed by atoms with E-state index in [1.165, 1.54) is 12.8 Å². The summed E-state index contributed by atoms with van der Waals surface area (Å²) in [6.07, 6.45) is 4.53. The number of hydrogen-bond acceptors (Lipinski definition) is 3. The average Bonchev–Trinajstić information content (AvgIpc) is 3.39. The molecule has 0 aromatic heterocycles. The molecule has 3 rings (SSSR count). The highest BCUT2D eigenvalue weighted by atomic mass is 16.2. The number of likely N-dealkylation sites (tertiary alicyclic amines) is 1. The first-order valence-corrected chi connectivity index (χ1v) is 9.40. The van der Waals surface area contributed by atoms with Gasteiger partial charge in [-0.05, 0) is 83.3 Å². The number of anilines is 1. The predicted octanol–water partition coefficient (Wildman–Crippen LogP) is 2.95. The molecule has 2 amide bonds. The third-order valence-corrected chi connectivity index (χ3v) is 5.12. The van der Waals surface area contributed by atoms with Crippen LogP contribution < -0.4 is 10.6 Å². The summed E-state index contributed by atoms with van der Waals surface area (Å²) in [6, 6.07) is 6.38. The minimum absolute atomic E-state index is 0.0715. The largest absolute Gasteiger partial charge is 0.350 e. The van der Waals surface area contributed by atoms with Crippen LogP contribution in [0.15, 0.2) is 18.2 Å². The van der Waals surface area contributed by atoms with E-state index in [0.29, 0.717) is 5.56 Å². The lowest BCUT2D eigenvalue weighted by atomic mass is 9.95. The van der Waals surface area contributed by atoms with Crippen molar-refractivity contribution < 1.29 is 9.59 Å². The molecular formula is C20H29N3O2. The maximum Gasteiger partial charge on any atom is 0.251 e. The molecule has 5 nitrogen and oxygen atoms in total. The van der Waals surface area contributed by atoms with E-state index >= 15 is 0 Å². The summed E-state index contributed by atoms with van der Waals surface area (Å²) in [5.74, 6) is 0.131. The van der Waals surface area contributed by atoms with E-state index in [-0.39, 0.29) is 23.8 Å². The van der Waals surface area contributed by atoms with E-state index in [1.54, 1.807) is 6.07 Å². The minimum Gasteiger partial charge on any atom is -0.350 e. The van der Waals surface area contributed by atoms with Gasteiger partial charge in [0.25, 0.3) is 5.91 Å². The van der Waals surface area contributed by atoms with Crippen LogP contribution in [0.2, 0.25) is 0 Å². The third-order valence-electron chi connectivity index (χ3n) is 5.12. The Morgan fingerprint density at radius 2 is 1.80 bits per heavy atom. The van der Waals surface area contributed by atoms with Crippen molar-refractivity contribution in [1.82, 2.24) is 10.2 Å². The second-order valence-corrected chi connectivity index (χ2v) is 7.69. The van der Waals surface area contributed by atoms with Gasteiger partial charge in [-0.1, -0.05) is 0 Å². The van der Waals surface area contributed by atoms with Gasteiger partial charge in [-0.3, -0.25) is 9.59 Å². The summed E-state index contributed by atoms with van der Waals surface area (Å²) in [4.78, 5) is 27.2. The predicted molar refractivity (Wildman–Crippen MR) is 99.7 cm³/mol. The van der Waals surface area contributed by atoms with Crippen molar-refractivity contribution in [3.8, 4) is 0 Å². The summed E-state index contributed by atoms with van der Waals surface area (Å²) >= 11 is 0. The van der Waals surface area contributed by atoms with Crippen LogP contribution in [-0.4, -0.2) is 41.9 Å². The highest BCUT2D eigenvalue weighted by molar-refractivity contribution is 5.97. The van der Waals surface area contributed by atoms with Crippen molar-refractivity contribution in [2.24, 2.45) is 5.92 Å². The van der Waals surface area contributed by atoms with E-state index in [4.69, 9.17) is 0 Å². The number of aryl methyl sites for hydroxylation is 1. The number of carbonyl (C=O) groups excluding carboxylic acids is 2. The third kappa shape index (κ3) is 4.60. The maximum atomic E-state index is 12.5. The fraction of sp³-hybridized carbons (Fsp3) is 0.600. The minimum atomic E-state index is -0.0715. The van der Waals surface area contributed by atoms with Crippen molar-refractivity contribution in [2.75, 3.05) is 18.4 Å². The molecule has 5 heteroatoms. The molecule has 0 unspecified atom stereocenters. The zero-order chi connectivity index (χ0) is 18.0. The lowest BCUT2D eigenvalue weighted by Gasteiger charge is -2.31. The topological polar surface area (TPSA) is 61.4 Å². The number of nitrogens with zero attached hydrogens (tertiary/aromatic N) is 1. The monoisotopic (exact) mass is 343 g/mol. The van der Waals surface area contributed by atoms with E-state index in [9.17, 15) is 9.59 Å². The van der Waals surface area contributed by atoms with E-state index < -0.39 is 0 Å². The van der Waals surface area contributed by atoms with E-state index in [2.05, 4.69) is 15.5 Å². The maximum absolute atomic E-state index is 12.5. The highest BCUT2D eigenvalue weighted by Gasteiger charge is 2.33. The van der Waals surface area contributed by atoms with Crippen LogP contribution in [0.5, 0.6) is 0 Å². The van der Waals surface area contributed by atoms with Gasteiger partial charge in [0, 0.05) is 29.3 Å². The lowest BCUT2D eigenvalue weighted by Crippen LogP contribution is -2.39. The molecule has 2 fully saturated rings. The molecule has 0 radical (unpaired) electrons. The molecule has 1 aliphatic carbocycles. The second kappa shape index (κ2) is 7.56. The smallest absolute Gasteiger partial charge is 0.251 e. The molecule has 136 valence electrons. The Bertz CT molecular complexity index is 644. The number of carbonyl (C=O) groups is 2. The molecule has 1 aromatic rings. The SMILES string of the molecule is Cc1cc(NC(=O)C2CCN(C3CC3)CC2)ccc1C(=O)NC(C)C. The molecule has 1 aliphatic heterocycles. The summed E-state index contributed by atoms with van der Waals surface area (Å²) in [5, 5.41) is 5.93. The first kappa shape index (κ1) is 17.9. The number of benzene rings is 1. The molecule has 25 heavy (non-hydrogen) atoms. The number of hydrogen-bond donors (Lipinski definition) is 2. The van der Waals surface area contributed by atoms with Gasteiger partial charge in [-0.25, -0.2) is 0 Å². The van der Waals surface area contributed by atoms with E-state index in [1.807, 2.05) is 32.9 Å². The summed E-state index contributed by atoms with van der Waals surface area (Å²) in [6.45, 7) is 7.86. The average molecular weight is 343 g/mol. The van der Waals surface area contributed by atoms with Crippen LogP contribution >= 0.6 is 0 Å². The van der Waals surface area contributed by atoms with Crippen LogP contribution in [0.1, 0.15) is 55.5 Å². The highest BCUT2D eigenvalue weighted by Crippen LogP contribution is 2.31. The number of piperidine rings is 1. The second-order valence-electron chi connectivity index (χ2n) is 7.69. The van der Waals surface area contributed by atoms with Gasteiger partial charge in [0.1, 0.15) is 0 Å². The van der Waals surface area contributed by atoms with Crippen LogP contribution in [0.3, 0.4) is 0 Å². The quantitative estimate of drug-likeness (QED) is 0.864. The van der Waals surface area contributed by atoms with Crippen molar-refractivity contribution >= 4 is 17.5 Å². The van der Waals surface area contributed by atoms with Crippen LogP contribution in [0, 0.1) is 12.8 Å². The number of rotatable bonds is 5. The molecule has 1 saturated heterocycles. The van der Waals surface area contributed by atoms with E-state index in [0.717, 1.165) is 43.2 Å². The Kier molecular flexibility index (Phi) is 5.42. The first-order valence-electron chi connectivity index (χ1n) is 9.40. The summed E-state index contributed by atoms with van der Waals surface area (Å²) in [5.41, 5.74) is 2.30. The van der Waals surface area contributed by atoms with Gasteiger partial charge in [0.15, 0.2) is 0 Å². The first-order chi connectivity index (χ1) is 11.9. The fourth-order valence-corrected chi connectivity index (χ4v) is 3.55. The number of nitrogens with one attached hydrogen (secondary N) is 2. The lowest BCUT2D eigenvalue weighted by molar-refractivity contribution is -0.121. The van der Waals surface area contributed by atoms with Crippen molar-refractivity contribution in [3.05, 3.63) is 29.3 Å². The fourth-order valence-electron chi connectivity index (χ4n) is 3.55. The Morgan fingerprint density at radius 1 is 1.12 bits per heavy atom. The standard InChI is InChI=1S/C20H29N3O2/c1-13(2)21-20(25)18-7-4-16(12-14(18)3)22-19(24)15-8-10-23(11-9-15)17-5-6-17/h4,7,12-13,15,17H,5-6,8-11H2,1-3H3,(H,21,25)(H,22,24). The summed E-state index contributed by atoms with van der Waals surface area (Å²) in [7, 11) is 0. The molecule has 2 N–H and O–H groups in total. The van der Waals surface area contributed by atoms with Crippen molar-refractivity contribution in [1.29, 1.82) is 0 Å². The molecular weight excluding hydrogens is 314 g/mol. The van der Waals surface area contributed by atoms with Gasteiger partial charge in [-0.15, -0.1) is 0 Å². The molecule has 1 saturated carbocycles. The zero-order valence-corrected chi connectivity index (χ0v) is 15.5. The Morgan fingerprint density at radius 3 is 2.36 bits per heavy atom. The zero-order valence-electron chi connectivity index (χ0n) is 15.5. The molecule has 2 aliphatic rings. The number of amides is 2. The normalized spacial score (nSPS) is 19.0. The molecule has 0 bridgehead atoms. The summed E-state index contributed by atoms with van der Waals surface area (Å²) < 4.78 is 0. The van der Waals surface area contributed by atoms with Gasteiger partial charge < -0.3 is 15.5 Å².